The fraction of sp³-hybridized carbons (Fsp3) is 0.875. The summed E-state index contributed by atoms with van der Waals surface area (Å²) < 4.78 is 5.40. The molecule has 1 heterocycles. The molecule has 1 rings (SSSR count). The van der Waals surface area contributed by atoms with Crippen molar-refractivity contribution in [2.45, 2.75) is 45.3 Å². The number of Topliss-reactive ketones (excluding diaryl/α,β-unsaturated/α-hetero) is 1. The number of hydrogen-bond acceptors (Lipinski definition) is 2. The fourth-order valence-corrected chi connectivity index (χ4v) is 1.31. The van der Waals surface area contributed by atoms with Crippen molar-refractivity contribution < 1.29 is 9.53 Å². The van der Waals surface area contributed by atoms with E-state index in [-0.39, 0.29) is 18.0 Å². The van der Waals surface area contributed by atoms with Gasteiger partial charge in [-0.15, -0.1) is 0 Å². The zero-order valence-corrected chi connectivity index (χ0v) is 6.59. The zero-order chi connectivity index (χ0) is 7.56. The fourth-order valence-electron chi connectivity index (χ4n) is 1.31. The molecule has 2 atom stereocenters. The molecule has 1 fully saturated rings. The van der Waals surface area contributed by atoms with Crippen LogP contribution >= 0.6 is 0 Å². The van der Waals surface area contributed by atoms with Gasteiger partial charge in [-0.05, 0) is 33.1 Å². The number of ether oxygens (including phenoxy) is 1. The maximum Gasteiger partial charge on any atom is 0.158 e. The van der Waals surface area contributed by atoms with Crippen molar-refractivity contribution in [2.24, 2.45) is 0 Å². The molecule has 0 aromatic carbocycles. The summed E-state index contributed by atoms with van der Waals surface area (Å²) in [6.45, 7) is 3.62. The van der Waals surface area contributed by atoms with Gasteiger partial charge in [0.15, 0.2) is 5.78 Å². The molecule has 0 spiro atoms. The Bertz CT molecular complexity index is 131. The summed E-state index contributed by atoms with van der Waals surface area (Å²) in [7, 11) is 0. The number of carbonyl (C=O) groups is 1. The van der Waals surface area contributed by atoms with Gasteiger partial charge in [-0.2, -0.15) is 0 Å². The predicted molar refractivity (Wildman–Crippen MR) is 38.9 cm³/mol. The lowest BCUT2D eigenvalue weighted by Gasteiger charge is -2.25. The summed E-state index contributed by atoms with van der Waals surface area (Å²) in [6, 6.07) is 0. The van der Waals surface area contributed by atoms with Gasteiger partial charge in [-0.1, -0.05) is 0 Å². The number of carbonyl (C=O) groups excluding carboxylic acids is 1. The highest BCUT2D eigenvalue weighted by Gasteiger charge is 2.21. The maximum absolute atomic E-state index is 10.8. The van der Waals surface area contributed by atoms with Crippen LogP contribution in [-0.4, -0.2) is 18.0 Å². The SMILES string of the molecule is CC(=O)C1CCCC(C)O1. The molecule has 1 saturated heterocycles. The molecule has 10 heavy (non-hydrogen) atoms. The lowest BCUT2D eigenvalue weighted by Crippen LogP contribution is -2.30. The Hall–Kier alpha value is -0.370. The van der Waals surface area contributed by atoms with E-state index in [2.05, 4.69) is 0 Å². The predicted octanol–water partition coefficient (Wildman–Crippen LogP) is 1.53. The van der Waals surface area contributed by atoms with Crippen molar-refractivity contribution in [3.05, 3.63) is 0 Å². The van der Waals surface area contributed by atoms with Crippen molar-refractivity contribution in [1.82, 2.24) is 0 Å². The number of rotatable bonds is 1. The van der Waals surface area contributed by atoms with E-state index in [1.807, 2.05) is 6.92 Å². The first-order valence-corrected chi connectivity index (χ1v) is 3.86. The number of hydrogen-bond donors (Lipinski definition) is 0. The molecular formula is C8H14O2. The molecular weight excluding hydrogens is 128 g/mol. The van der Waals surface area contributed by atoms with Crippen molar-refractivity contribution in [1.29, 1.82) is 0 Å². The largest absolute Gasteiger partial charge is 0.368 e. The summed E-state index contributed by atoms with van der Waals surface area (Å²) in [4.78, 5) is 10.8. The summed E-state index contributed by atoms with van der Waals surface area (Å²) in [5.74, 6) is 0.173. The van der Waals surface area contributed by atoms with Gasteiger partial charge in [0, 0.05) is 0 Å². The van der Waals surface area contributed by atoms with Crippen molar-refractivity contribution >= 4 is 5.78 Å². The highest BCUT2D eigenvalue weighted by Crippen LogP contribution is 2.18. The minimum atomic E-state index is -0.108. The van der Waals surface area contributed by atoms with E-state index >= 15 is 0 Å². The first-order valence-electron chi connectivity index (χ1n) is 3.86. The molecule has 0 saturated carbocycles. The van der Waals surface area contributed by atoms with Gasteiger partial charge in [0.1, 0.15) is 6.10 Å². The molecule has 0 aromatic heterocycles. The van der Waals surface area contributed by atoms with E-state index in [4.69, 9.17) is 4.74 Å². The standard InChI is InChI=1S/C8H14O2/c1-6-4-3-5-8(10-6)7(2)9/h6,8H,3-5H2,1-2H3. The lowest BCUT2D eigenvalue weighted by molar-refractivity contribution is -0.135. The Balaban J connectivity index is 2.39. The van der Waals surface area contributed by atoms with Gasteiger partial charge in [0.2, 0.25) is 0 Å². The van der Waals surface area contributed by atoms with E-state index in [1.54, 1.807) is 6.92 Å². The smallest absolute Gasteiger partial charge is 0.158 e. The van der Waals surface area contributed by atoms with Crippen LogP contribution in [0.15, 0.2) is 0 Å². The lowest BCUT2D eigenvalue weighted by atomic mass is 10.0. The molecule has 1 aliphatic heterocycles. The van der Waals surface area contributed by atoms with E-state index < -0.39 is 0 Å². The average molecular weight is 142 g/mol. The first kappa shape index (κ1) is 7.73. The average Bonchev–Trinajstić information content (AvgIpc) is 1.88. The zero-order valence-electron chi connectivity index (χ0n) is 6.59. The van der Waals surface area contributed by atoms with Gasteiger partial charge >= 0.3 is 0 Å². The third-order valence-corrected chi connectivity index (χ3v) is 1.93. The maximum atomic E-state index is 10.8. The molecule has 2 heteroatoms. The molecule has 0 bridgehead atoms. The molecule has 0 N–H and O–H groups in total. The summed E-state index contributed by atoms with van der Waals surface area (Å²) in [5.41, 5.74) is 0. The summed E-state index contributed by atoms with van der Waals surface area (Å²) in [5, 5.41) is 0. The molecule has 0 aliphatic carbocycles. The Labute approximate surface area is 61.6 Å². The third kappa shape index (κ3) is 1.81. The van der Waals surface area contributed by atoms with E-state index in [0.29, 0.717) is 0 Å². The first-order chi connectivity index (χ1) is 4.70. The van der Waals surface area contributed by atoms with Crippen LogP contribution in [0.3, 0.4) is 0 Å². The van der Waals surface area contributed by atoms with Gasteiger partial charge in [-0.3, -0.25) is 4.79 Å². The molecule has 1 aliphatic rings. The molecule has 0 amide bonds. The van der Waals surface area contributed by atoms with Gasteiger partial charge in [-0.25, -0.2) is 0 Å². The third-order valence-electron chi connectivity index (χ3n) is 1.93. The highest BCUT2D eigenvalue weighted by molar-refractivity contribution is 5.80. The number of ketones is 1. The normalized spacial score (nSPS) is 33.8. The van der Waals surface area contributed by atoms with Crippen LogP contribution in [0.2, 0.25) is 0 Å². The van der Waals surface area contributed by atoms with Gasteiger partial charge in [0.25, 0.3) is 0 Å². The van der Waals surface area contributed by atoms with Crippen LogP contribution < -0.4 is 0 Å². The quantitative estimate of drug-likeness (QED) is 0.555. The second kappa shape index (κ2) is 3.15. The molecule has 2 unspecified atom stereocenters. The van der Waals surface area contributed by atoms with Crippen molar-refractivity contribution in [3.63, 3.8) is 0 Å². The van der Waals surface area contributed by atoms with Crippen molar-refractivity contribution in [2.75, 3.05) is 0 Å². The van der Waals surface area contributed by atoms with Crippen LogP contribution in [0.1, 0.15) is 33.1 Å². The van der Waals surface area contributed by atoms with Crippen LogP contribution in [0.5, 0.6) is 0 Å². The van der Waals surface area contributed by atoms with E-state index in [1.165, 1.54) is 0 Å². The molecule has 58 valence electrons. The highest BCUT2D eigenvalue weighted by atomic mass is 16.5. The van der Waals surface area contributed by atoms with E-state index in [0.717, 1.165) is 19.3 Å². The Morgan fingerprint density at radius 2 is 2.20 bits per heavy atom. The van der Waals surface area contributed by atoms with Crippen LogP contribution in [0.25, 0.3) is 0 Å². The van der Waals surface area contributed by atoms with Gasteiger partial charge in [0.05, 0.1) is 6.10 Å². The van der Waals surface area contributed by atoms with Crippen LogP contribution in [0, 0.1) is 0 Å². The Kier molecular flexibility index (Phi) is 2.44. The molecule has 2 nitrogen and oxygen atoms in total. The second-order valence-corrected chi connectivity index (χ2v) is 2.98. The van der Waals surface area contributed by atoms with Crippen molar-refractivity contribution in [3.8, 4) is 0 Å². The minimum absolute atomic E-state index is 0.108. The van der Waals surface area contributed by atoms with Crippen LogP contribution in [-0.2, 0) is 9.53 Å². The van der Waals surface area contributed by atoms with Crippen LogP contribution in [0.4, 0.5) is 0 Å². The molecule has 0 radical (unpaired) electrons. The summed E-state index contributed by atoms with van der Waals surface area (Å²) in [6.07, 6.45) is 3.32. The van der Waals surface area contributed by atoms with E-state index in [9.17, 15) is 4.79 Å². The minimum Gasteiger partial charge on any atom is -0.368 e. The Morgan fingerprint density at radius 1 is 1.50 bits per heavy atom. The monoisotopic (exact) mass is 142 g/mol. The second-order valence-electron chi connectivity index (χ2n) is 2.98. The summed E-state index contributed by atoms with van der Waals surface area (Å²) >= 11 is 0. The Morgan fingerprint density at radius 3 is 2.60 bits per heavy atom. The van der Waals surface area contributed by atoms with Gasteiger partial charge < -0.3 is 4.74 Å². The topological polar surface area (TPSA) is 26.3 Å². The molecule has 0 aromatic rings.